The van der Waals surface area contributed by atoms with Crippen LogP contribution in [0, 0.1) is 0 Å². The van der Waals surface area contributed by atoms with Crippen LogP contribution in [0.15, 0.2) is 91.0 Å². The first-order valence-electron chi connectivity index (χ1n) is 8.54. The lowest BCUT2D eigenvalue weighted by molar-refractivity contribution is 1.16. The summed E-state index contributed by atoms with van der Waals surface area (Å²) < 4.78 is 0. The van der Waals surface area contributed by atoms with Gasteiger partial charge in [-0.2, -0.15) is 0 Å². The van der Waals surface area contributed by atoms with Crippen LogP contribution in [-0.4, -0.2) is 0 Å². The minimum absolute atomic E-state index is 1.04. The third-order valence-electron chi connectivity index (χ3n) is 4.66. The Bertz CT molecular complexity index is 967. The van der Waals surface area contributed by atoms with E-state index in [0.717, 1.165) is 6.42 Å². The van der Waals surface area contributed by atoms with Crippen LogP contribution in [0.1, 0.15) is 12.5 Å². The number of aryl methyl sites for hydroxylation is 1. The van der Waals surface area contributed by atoms with Crippen LogP contribution >= 0.6 is 0 Å². The summed E-state index contributed by atoms with van der Waals surface area (Å²) in [5, 5.41) is 2.69. The standard InChI is InChI=1S/C24H20/c1-2-18-17-23(19-11-5-3-6-12-19)24(20-13-7-4-8-14-20)22-16-10-9-15-21(18)22/h3-17H,2H2,1H3. The van der Waals surface area contributed by atoms with Gasteiger partial charge in [-0.15, -0.1) is 0 Å². The molecule has 0 nitrogen and oxygen atoms in total. The summed E-state index contributed by atoms with van der Waals surface area (Å²) in [5.41, 5.74) is 6.60. The largest absolute Gasteiger partial charge is 0.0622 e. The lowest BCUT2D eigenvalue weighted by atomic mass is 9.87. The highest BCUT2D eigenvalue weighted by molar-refractivity contribution is 6.05. The molecule has 4 aromatic rings. The Kier molecular flexibility index (Phi) is 3.88. The van der Waals surface area contributed by atoms with E-state index in [1.165, 1.54) is 38.6 Å². The van der Waals surface area contributed by atoms with E-state index in [1.54, 1.807) is 0 Å². The fourth-order valence-electron chi connectivity index (χ4n) is 3.50. The summed E-state index contributed by atoms with van der Waals surface area (Å²) >= 11 is 0. The summed E-state index contributed by atoms with van der Waals surface area (Å²) in [6, 6.07) is 32.6. The van der Waals surface area contributed by atoms with Crippen molar-refractivity contribution in [2.75, 3.05) is 0 Å². The second-order valence-corrected chi connectivity index (χ2v) is 6.09. The molecule has 0 bridgehead atoms. The van der Waals surface area contributed by atoms with Gasteiger partial charge in [-0.1, -0.05) is 91.9 Å². The van der Waals surface area contributed by atoms with E-state index in [0.29, 0.717) is 0 Å². The van der Waals surface area contributed by atoms with Crippen molar-refractivity contribution in [3.05, 3.63) is 96.6 Å². The monoisotopic (exact) mass is 308 g/mol. The molecule has 0 aromatic heterocycles. The van der Waals surface area contributed by atoms with Crippen LogP contribution in [0.3, 0.4) is 0 Å². The van der Waals surface area contributed by atoms with Gasteiger partial charge in [-0.25, -0.2) is 0 Å². The van der Waals surface area contributed by atoms with Gasteiger partial charge in [0.1, 0.15) is 0 Å². The Morgan fingerprint density at radius 3 is 1.75 bits per heavy atom. The van der Waals surface area contributed by atoms with Crippen molar-refractivity contribution in [3.8, 4) is 22.3 Å². The van der Waals surface area contributed by atoms with Crippen molar-refractivity contribution in [2.24, 2.45) is 0 Å². The molecule has 0 atom stereocenters. The molecule has 0 saturated heterocycles. The normalized spacial score (nSPS) is 10.9. The van der Waals surface area contributed by atoms with Crippen LogP contribution < -0.4 is 0 Å². The molecule has 0 aliphatic carbocycles. The molecular weight excluding hydrogens is 288 g/mol. The highest BCUT2D eigenvalue weighted by atomic mass is 14.2. The maximum Gasteiger partial charge on any atom is -0.00266 e. The highest BCUT2D eigenvalue weighted by Crippen LogP contribution is 2.39. The molecule has 0 heteroatoms. The first kappa shape index (κ1) is 14.7. The molecule has 116 valence electrons. The Labute approximate surface area is 143 Å². The fraction of sp³-hybridized carbons (Fsp3) is 0.0833. The van der Waals surface area contributed by atoms with E-state index in [1.807, 2.05) is 0 Å². The van der Waals surface area contributed by atoms with Crippen LogP contribution in [0.4, 0.5) is 0 Å². The first-order valence-corrected chi connectivity index (χ1v) is 8.54. The van der Waals surface area contributed by atoms with E-state index in [2.05, 4.69) is 97.9 Å². The molecule has 0 spiro atoms. The summed E-state index contributed by atoms with van der Waals surface area (Å²) in [7, 11) is 0. The van der Waals surface area contributed by atoms with E-state index >= 15 is 0 Å². The van der Waals surface area contributed by atoms with Crippen LogP contribution in [-0.2, 0) is 6.42 Å². The van der Waals surface area contributed by atoms with Gasteiger partial charge in [0, 0.05) is 0 Å². The SMILES string of the molecule is CCc1cc(-c2ccccc2)c(-c2ccccc2)c2ccccc12. The Morgan fingerprint density at radius 1 is 0.583 bits per heavy atom. The van der Waals surface area contributed by atoms with Gasteiger partial charge in [0.2, 0.25) is 0 Å². The molecule has 4 aromatic carbocycles. The van der Waals surface area contributed by atoms with Crippen LogP contribution in [0.5, 0.6) is 0 Å². The number of hydrogen-bond acceptors (Lipinski definition) is 0. The second kappa shape index (κ2) is 6.33. The van der Waals surface area contributed by atoms with Gasteiger partial charge in [0.15, 0.2) is 0 Å². The van der Waals surface area contributed by atoms with E-state index < -0.39 is 0 Å². The summed E-state index contributed by atoms with van der Waals surface area (Å²) in [6.45, 7) is 2.23. The van der Waals surface area contributed by atoms with E-state index in [4.69, 9.17) is 0 Å². The Hall–Kier alpha value is -2.86. The van der Waals surface area contributed by atoms with E-state index in [9.17, 15) is 0 Å². The fourth-order valence-corrected chi connectivity index (χ4v) is 3.50. The predicted molar refractivity (Wildman–Crippen MR) is 104 cm³/mol. The lowest BCUT2D eigenvalue weighted by Gasteiger charge is -2.17. The lowest BCUT2D eigenvalue weighted by Crippen LogP contribution is -1.92. The Balaban J connectivity index is 2.14. The molecule has 0 heterocycles. The Morgan fingerprint density at radius 2 is 1.12 bits per heavy atom. The summed E-state index contributed by atoms with van der Waals surface area (Å²) in [5.74, 6) is 0. The number of benzene rings is 4. The van der Waals surface area contributed by atoms with Gasteiger partial charge < -0.3 is 0 Å². The molecule has 0 aliphatic rings. The zero-order chi connectivity index (χ0) is 16.4. The molecule has 4 rings (SSSR count). The minimum atomic E-state index is 1.04. The molecule has 24 heavy (non-hydrogen) atoms. The van der Waals surface area contributed by atoms with E-state index in [-0.39, 0.29) is 0 Å². The molecule has 0 amide bonds. The molecule has 0 radical (unpaired) electrons. The second-order valence-electron chi connectivity index (χ2n) is 6.09. The topological polar surface area (TPSA) is 0 Å². The molecule has 0 saturated carbocycles. The van der Waals surface area contributed by atoms with Crippen molar-refractivity contribution >= 4 is 10.8 Å². The third-order valence-corrected chi connectivity index (χ3v) is 4.66. The third kappa shape index (κ3) is 2.51. The van der Waals surface area contributed by atoms with Crippen LogP contribution in [0.25, 0.3) is 33.0 Å². The molecule has 0 N–H and O–H groups in total. The average Bonchev–Trinajstić information content (AvgIpc) is 2.68. The average molecular weight is 308 g/mol. The quantitative estimate of drug-likeness (QED) is 0.393. The molecule has 0 aliphatic heterocycles. The zero-order valence-corrected chi connectivity index (χ0v) is 13.9. The predicted octanol–water partition coefficient (Wildman–Crippen LogP) is 6.74. The van der Waals surface area contributed by atoms with Gasteiger partial charge in [0.25, 0.3) is 0 Å². The number of fused-ring (bicyclic) bond motifs is 1. The van der Waals surface area contributed by atoms with Gasteiger partial charge in [-0.3, -0.25) is 0 Å². The summed E-state index contributed by atoms with van der Waals surface area (Å²) in [4.78, 5) is 0. The van der Waals surface area contributed by atoms with Gasteiger partial charge in [-0.05, 0) is 51.1 Å². The molecule has 0 unspecified atom stereocenters. The van der Waals surface area contributed by atoms with Crippen molar-refractivity contribution in [1.82, 2.24) is 0 Å². The number of hydrogen-bond donors (Lipinski definition) is 0. The van der Waals surface area contributed by atoms with Crippen LogP contribution in [0.2, 0.25) is 0 Å². The zero-order valence-electron chi connectivity index (χ0n) is 13.9. The maximum atomic E-state index is 2.38. The highest BCUT2D eigenvalue weighted by Gasteiger charge is 2.14. The molecular formula is C24H20. The van der Waals surface area contributed by atoms with Crippen molar-refractivity contribution in [2.45, 2.75) is 13.3 Å². The minimum Gasteiger partial charge on any atom is -0.0622 e. The van der Waals surface area contributed by atoms with Crippen molar-refractivity contribution in [3.63, 3.8) is 0 Å². The molecule has 0 fully saturated rings. The summed E-state index contributed by atoms with van der Waals surface area (Å²) in [6.07, 6.45) is 1.04. The van der Waals surface area contributed by atoms with Crippen molar-refractivity contribution in [1.29, 1.82) is 0 Å². The first-order chi connectivity index (χ1) is 11.9. The number of rotatable bonds is 3. The van der Waals surface area contributed by atoms with Gasteiger partial charge in [0.05, 0.1) is 0 Å². The smallest absolute Gasteiger partial charge is 0.00266 e. The maximum absolute atomic E-state index is 2.38. The van der Waals surface area contributed by atoms with Crippen molar-refractivity contribution < 1.29 is 0 Å². The van der Waals surface area contributed by atoms with Gasteiger partial charge >= 0.3 is 0 Å².